The van der Waals surface area contributed by atoms with Gasteiger partial charge >= 0.3 is 13.5 Å². The van der Waals surface area contributed by atoms with Crippen LogP contribution in [0.1, 0.15) is 26.3 Å². The van der Waals surface area contributed by atoms with Crippen molar-refractivity contribution in [3.8, 4) is 11.4 Å². The Morgan fingerprint density at radius 2 is 1.57 bits per heavy atom. The Hall–Kier alpha value is -4.97. The molecule has 0 bridgehead atoms. The van der Waals surface area contributed by atoms with Crippen molar-refractivity contribution in [2.75, 3.05) is 49.2 Å². The first-order chi connectivity index (χ1) is 26.7. The molecule has 2 N–H and O–H groups in total. The number of halogens is 2. The van der Waals surface area contributed by atoms with E-state index in [2.05, 4.69) is 25.0 Å². The second kappa shape index (κ2) is 15.9. The smallest absolute Gasteiger partial charge is 0.469 e. The molecule has 5 aromatic rings. The van der Waals surface area contributed by atoms with E-state index in [1.165, 1.54) is 34.3 Å². The average Bonchev–Trinajstić information content (AvgIpc) is 3.91. The van der Waals surface area contributed by atoms with Gasteiger partial charge < -0.3 is 33.8 Å². The SMILES string of the molecule is CC(C)(C)C(Cn1ncn(-c2ccc(N3CCN(c4ccc(OC[C@@H]5CO[C@@](Cn6cncn6)(c6ccc(F)cc6F)O5)cc4)CC3)cc2)c1=O)OP(=O)(O)O. The molecule has 0 spiro atoms. The predicted octanol–water partition coefficient (Wildman–Crippen LogP) is 4.10. The van der Waals surface area contributed by atoms with Crippen LogP contribution in [0.15, 0.2) is 90.5 Å². The van der Waals surface area contributed by atoms with Gasteiger partial charge in [0.15, 0.2) is 0 Å². The van der Waals surface area contributed by atoms with Crippen LogP contribution in [0.3, 0.4) is 0 Å². The number of ether oxygens (including phenoxy) is 3. The van der Waals surface area contributed by atoms with Crippen molar-refractivity contribution in [2.24, 2.45) is 5.41 Å². The Morgan fingerprint density at radius 3 is 2.16 bits per heavy atom. The standard InChI is InChI=1S/C37H43F2N8O8P/c1-36(2,3)34(55-56(49,50)51)19-47-35(48)46(25-42-47)29-7-5-27(6-8-29)43-14-16-44(17-15-43)28-9-11-30(12-10-28)52-20-31-21-53-37(54-31,22-45-24-40-23-41-45)32-13-4-26(38)18-33(32)39/h4-13,18,23-25,31,34H,14-17,19-22H2,1-3H3,(H2,49,50,51)/t31-,34?,37-/m1/s1. The molecule has 0 amide bonds. The van der Waals surface area contributed by atoms with E-state index in [1.807, 2.05) is 48.5 Å². The largest absolute Gasteiger partial charge is 0.491 e. The van der Waals surface area contributed by atoms with Crippen LogP contribution in [0.2, 0.25) is 0 Å². The number of benzene rings is 3. The third-order valence-corrected chi connectivity index (χ3v) is 10.3. The summed E-state index contributed by atoms with van der Waals surface area (Å²) in [5.41, 5.74) is 1.60. The van der Waals surface area contributed by atoms with Crippen LogP contribution in [0.25, 0.3) is 5.69 Å². The molecule has 4 heterocycles. The molecule has 2 aromatic heterocycles. The molecule has 0 radical (unpaired) electrons. The Morgan fingerprint density at radius 1 is 0.929 bits per heavy atom. The summed E-state index contributed by atoms with van der Waals surface area (Å²) in [6.45, 7) is 8.55. The first-order valence-electron chi connectivity index (χ1n) is 18.0. The van der Waals surface area contributed by atoms with Crippen molar-refractivity contribution in [1.82, 2.24) is 29.1 Å². The second-order valence-corrected chi connectivity index (χ2v) is 15.9. The van der Waals surface area contributed by atoms with E-state index in [0.29, 0.717) is 11.4 Å². The molecular weight excluding hydrogens is 753 g/mol. The number of rotatable bonds is 13. The minimum Gasteiger partial charge on any atom is -0.491 e. The van der Waals surface area contributed by atoms with Crippen LogP contribution in [0, 0.1) is 17.0 Å². The zero-order valence-corrected chi connectivity index (χ0v) is 31.9. The summed E-state index contributed by atoms with van der Waals surface area (Å²) in [5.74, 6) is -2.40. The number of aromatic nitrogens is 6. The van der Waals surface area contributed by atoms with Crippen LogP contribution in [0.4, 0.5) is 20.2 Å². The van der Waals surface area contributed by atoms with E-state index in [1.54, 1.807) is 20.8 Å². The summed E-state index contributed by atoms with van der Waals surface area (Å²) in [6, 6.07) is 18.6. The summed E-state index contributed by atoms with van der Waals surface area (Å²) >= 11 is 0. The lowest BCUT2D eigenvalue weighted by molar-refractivity contribution is -0.192. The van der Waals surface area contributed by atoms with Crippen molar-refractivity contribution in [1.29, 1.82) is 0 Å². The van der Waals surface area contributed by atoms with Crippen molar-refractivity contribution < 1.29 is 41.9 Å². The highest BCUT2D eigenvalue weighted by molar-refractivity contribution is 7.46. The van der Waals surface area contributed by atoms with Gasteiger partial charge in [0.2, 0.25) is 5.79 Å². The normalized spacial score (nSPS) is 19.7. The fourth-order valence-electron chi connectivity index (χ4n) is 6.70. The zero-order chi connectivity index (χ0) is 39.7. The third kappa shape index (κ3) is 9.01. The lowest BCUT2D eigenvalue weighted by atomic mass is 9.89. The molecule has 0 saturated carbocycles. The fourth-order valence-corrected chi connectivity index (χ4v) is 7.41. The van der Waals surface area contributed by atoms with Gasteiger partial charge in [0.1, 0.15) is 55.6 Å². The minimum absolute atomic E-state index is 0.00936. The van der Waals surface area contributed by atoms with Crippen LogP contribution >= 0.6 is 7.82 Å². The maximum Gasteiger partial charge on any atom is 0.469 e. The first-order valence-corrected chi connectivity index (χ1v) is 19.5. The number of hydrogen-bond acceptors (Lipinski definition) is 11. The van der Waals surface area contributed by atoms with Crippen molar-refractivity contribution in [3.05, 3.63) is 113 Å². The summed E-state index contributed by atoms with van der Waals surface area (Å²) < 4.78 is 67.4. The minimum atomic E-state index is -4.78. The molecule has 3 atom stereocenters. The van der Waals surface area contributed by atoms with Gasteiger partial charge in [-0.2, -0.15) is 10.2 Å². The van der Waals surface area contributed by atoms with Gasteiger partial charge in [0, 0.05) is 49.2 Å². The van der Waals surface area contributed by atoms with Gasteiger partial charge in [-0.05, 0) is 66.1 Å². The third-order valence-electron chi connectivity index (χ3n) is 9.75. The summed E-state index contributed by atoms with van der Waals surface area (Å²) in [5, 5.41) is 8.26. The number of phosphoric acid groups is 1. The average molecular weight is 797 g/mol. The molecular formula is C37H43F2N8O8P. The molecule has 2 fully saturated rings. The van der Waals surface area contributed by atoms with Gasteiger partial charge in [-0.3, -0.25) is 4.52 Å². The van der Waals surface area contributed by atoms with E-state index in [0.717, 1.165) is 54.4 Å². The van der Waals surface area contributed by atoms with Crippen LogP contribution in [-0.2, 0) is 37.4 Å². The van der Waals surface area contributed by atoms with E-state index in [-0.39, 0.29) is 31.9 Å². The lowest BCUT2D eigenvalue weighted by Crippen LogP contribution is -2.46. The Bertz CT molecular complexity index is 2200. The highest BCUT2D eigenvalue weighted by atomic mass is 31.2. The van der Waals surface area contributed by atoms with E-state index in [4.69, 9.17) is 18.7 Å². The lowest BCUT2D eigenvalue weighted by Gasteiger charge is -2.37. The van der Waals surface area contributed by atoms with Crippen molar-refractivity contribution >= 4 is 19.2 Å². The number of anilines is 2. The number of hydrogen-bond donors (Lipinski definition) is 2. The molecule has 56 heavy (non-hydrogen) atoms. The molecule has 2 saturated heterocycles. The molecule has 3 aromatic carbocycles. The fraction of sp³-hybridized carbons (Fsp3) is 0.405. The molecule has 2 aliphatic heterocycles. The Kier molecular flexibility index (Phi) is 11.1. The van der Waals surface area contributed by atoms with Gasteiger partial charge in [0.05, 0.1) is 24.9 Å². The molecule has 7 rings (SSSR count). The highest BCUT2D eigenvalue weighted by Crippen LogP contribution is 2.42. The Labute approximate surface area is 321 Å². The van der Waals surface area contributed by atoms with E-state index < -0.39 is 48.6 Å². The van der Waals surface area contributed by atoms with Gasteiger partial charge in [-0.25, -0.2) is 37.1 Å². The summed E-state index contributed by atoms with van der Waals surface area (Å²) in [6.07, 6.45) is 2.71. The maximum atomic E-state index is 14.9. The van der Waals surface area contributed by atoms with Crippen molar-refractivity contribution in [3.63, 3.8) is 0 Å². The van der Waals surface area contributed by atoms with Crippen molar-refractivity contribution in [2.45, 2.75) is 51.9 Å². The molecule has 1 unspecified atom stereocenters. The van der Waals surface area contributed by atoms with Gasteiger partial charge in [-0.1, -0.05) is 20.8 Å². The van der Waals surface area contributed by atoms with Gasteiger partial charge in [-0.15, -0.1) is 0 Å². The number of piperazine rings is 1. The van der Waals surface area contributed by atoms with Crippen LogP contribution < -0.4 is 20.2 Å². The molecule has 2 aliphatic rings. The maximum absolute atomic E-state index is 14.9. The van der Waals surface area contributed by atoms with E-state index in [9.17, 15) is 27.9 Å². The molecule has 298 valence electrons. The van der Waals surface area contributed by atoms with Crippen LogP contribution in [-0.4, -0.2) is 90.5 Å². The van der Waals surface area contributed by atoms with Gasteiger partial charge in [0.25, 0.3) is 0 Å². The zero-order valence-electron chi connectivity index (χ0n) is 31.0. The first kappa shape index (κ1) is 39.3. The number of phosphoric ester groups is 1. The summed E-state index contributed by atoms with van der Waals surface area (Å²) in [4.78, 5) is 40.4. The molecule has 0 aliphatic carbocycles. The number of nitrogens with zero attached hydrogens (tertiary/aromatic N) is 8. The second-order valence-electron chi connectivity index (χ2n) is 14.7. The quantitative estimate of drug-likeness (QED) is 0.164. The Balaban J connectivity index is 0.914. The molecule has 16 nitrogen and oxygen atoms in total. The molecule has 19 heteroatoms. The summed E-state index contributed by atoms with van der Waals surface area (Å²) in [7, 11) is -4.78. The topological polar surface area (TPSA) is 171 Å². The highest BCUT2D eigenvalue weighted by Gasteiger charge is 2.46. The predicted molar refractivity (Wildman–Crippen MR) is 199 cm³/mol. The van der Waals surface area contributed by atoms with E-state index >= 15 is 0 Å². The monoisotopic (exact) mass is 796 g/mol. The van der Waals surface area contributed by atoms with Crippen LogP contribution in [0.5, 0.6) is 5.75 Å².